The van der Waals surface area contributed by atoms with Gasteiger partial charge in [-0.2, -0.15) is 0 Å². The summed E-state index contributed by atoms with van der Waals surface area (Å²) in [6.45, 7) is 3.44. The number of hydrogen-bond acceptors (Lipinski definition) is 6. The Morgan fingerprint density at radius 3 is 2.42 bits per heavy atom. The zero-order valence-electron chi connectivity index (χ0n) is 11.2. The number of carbonyl (C=O) groups is 1. The molecular weight excluding hydrogens is 254 g/mol. The zero-order chi connectivity index (χ0) is 14.6. The Hall–Kier alpha value is -0.730. The quantitative estimate of drug-likeness (QED) is 0.410. The Bertz CT molecular complexity index is 298. The third-order valence-electron chi connectivity index (χ3n) is 3.18. The molecule has 1 amide bonds. The SMILES string of the molecule is CC(C)CCC(=O)NC1C(O)OC(CO)C(O)C1O. The smallest absolute Gasteiger partial charge is 0.220 e. The van der Waals surface area contributed by atoms with Crippen molar-refractivity contribution in [1.82, 2.24) is 5.32 Å². The summed E-state index contributed by atoms with van der Waals surface area (Å²) in [6.07, 6.45) is -4.30. The van der Waals surface area contributed by atoms with E-state index < -0.39 is 37.3 Å². The molecule has 1 fully saturated rings. The van der Waals surface area contributed by atoms with Crippen molar-refractivity contribution < 1.29 is 30.0 Å². The van der Waals surface area contributed by atoms with Crippen molar-refractivity contribution in [3.8, 4) is 0 Å². The van der Waals surface area contributed by atoms with Crippen molar-refractivity contribution >= 4 is 5.91 Å². The number of hydrogen-bond donors (Lipinski definition) is 5. The van der Waals surface area contributed by atoms with Crippen LogP contribution in [0.25, 0.3) is 0 Å². The van der Waals surface area contributed by atoms with Crippen molar-refractivity contribution in [2.75, 3.05) is 6.61 Å². The molecule has 0 aromatic rings. The molecule has 0 radical (unpaired) electrons. The lowest BCUT2D eigenvalue weighted by Gasteiger charge is -2.40. The van der Waals surface area contributed by atoms with Gasteiger partial charge in [-0.1, -0.05) is 13.8 Å². The zero-order valence-corrected chi connectivity index (χ0v) is 11.2. The Labute approximate surface area is 112 Å². The van der Waals surface area contributed by atoms with E-state index in [0.717, 1.165) is 0 Å². The topological polar surface area (TPSA) is 119 Å². The molecule has 0 saturated carbocycles. The summed E-state index contributed by atoms with van der Waals surface area (Å²) in [6, 6.07) is -1.10. The first-order valence-corrected chi connectivity index (χ1v) is 6.46. The summed E-state index contributed by atoms with van der Waals surface area (Å²) in [7, 11) is 0. The first-order valence-electron chi connectivity index (χ1n) is 6.46. The number of rotatable bonds is 5. The minimum absolute atomic E-state index is 0.271. The number of nitrogens with one attached hydrogen (secondary N) is 1. The molecule has 7 heteroatoms. The largest absolute Gasteiger partial charge is 0.394 e. The molecule has 7 nitrogen and oxygen atoms in total. The second-order valence-electron chi connectivity index (χ2n) is 5.25. The highest BCUT2D eigenvalue weighted by atomic mass is 16.6. The van der Waals surface area contributed by atoms with Crippen LogP contribution in [0.5, 0.6) is 0 Å². The van der Waals surface area contributed by atoms with E-state index in [1.165, 1.54) is 0 Å². The molecule has 1 rings (SSSR count). The van der Waals surface area contributed by atoms with Gasteiger partial charge in [0.1, 0.15) is 24.4 Å². The highest BCUT2D eigenvalue weighted by molar-refractivity contribution is 5.76. The fraction of sp³-hybridized carbons (Fsp3) is 0.917. The molecule has 0 aromatic carbocycles. The van der Waals surface area contributed by atoms with E-state index in [4.69, 9.17) is 9.84 Å². The fourth-order valence-corrected chi connectivity index (χ4v) is 1.93. The number of amides is 1. The molecular formula is C12H23NO6. The van der Waals surface area contributed by atoms with Gasteiger partial charge in [-0.25, -0.2) is 0 Å². The predicted molar refractivity (Wildman–Crippen MR) is 66.0 cm³/mol. The van der Waals surface area contributed by atoms with Crippen LogP contribution in [0.4, 0.5) is 0 Å². The second kappa shape index (κ2) is 7.16. The molecule has 1 saturated heterocycles. The van der Waals surface area contributed by atoms with Crippen LogP contribution in [0.15, 0.2) is 0 Å². The maximum absolute atomic E-state index is 11.6. The summed E-state index contributed by atoms with van der Waals surface area (Å²) in [4.78, 5) is 11.6. The van der Waals surface area contributed by atoms with Gasteiger partial charge >= 0.3 is 0 Å². The van der Waals surface area contributed by atoms with Crippen LogP contribution in [0.1, 0.15) is 26.7 Å². The summed E-state index contributed by atoms with van der Waals surface area (Å²) in [5.41, 5.74) is 0. The van der Waals surface area contributed by atoms with Gasteiger partial charge < -0.3 is 30.5 Å². The maximum atomic E-state index is 11.6. The van der Waals surface area contributed by atoms with Gasteiger partial charge in [0.2, 0.25) is 5.91 Å². The minimum atomic E-state index is -1.46. The van der Waals surface area contributed by atoms with Crippen LogP contribution in [-0.2, 0) is 9.53 Å². The molecule has 0 aliphatic carbocycles. The molecule has 19 heavy (non-hydrogen) atoms. The molecule has 5 N–H and O–H groups in total. The molecule has 1 heterocycles. The van der Waals surface area contributed by atoms with Crippen molar-refractivity contribution in [2.45, 2.75) is 57.3 Å². The first-order chi connectivity index (χ1) is 8.86. The predicted octanol–water partition coefficient (Wildman–Crippen LogP) is -1.66. The van der Waals surface area contributed by atoms with Crippen LogP contribution in [0, 0.1) is 5.92 Å². The van der Waals surface area contributed by atoms with Gasteiger partial charge in [-0.15, -0.1) is 0 Å². The average Bonchev–Trinajstić information content (AvgIpc) is 2.36. The Balaban J connectivity index is 2.55. The van der Waals surface area contributed by atoms with Gasteiger partial charge in [0.05, 0.1) is 6.61 Å². The number of aliphatic hydroxyl groups excluding tert-OH is 4. The van der Waals surface area contributed by atoms with Crippen molar-refractivity contribution in [3.05, 3.63) is 0 Å². The van der Waals surface area contributed by atoms with Gasteiger partial charge in [0.15, 0.2) is 6.29 Å². The molecule has 1 aliphatic heterocycles. The molecule has 112 valence electrons. The van der Waals surface area contributed by atoms with Crippen LogP contribution in [0.3, 0.4) is 0 Å². The van der Waals surface area contributed by atoms with Crippen LogP contribution < -0.4 is 5.32 Å². The second-order valence-corrected chi connectivity index (χ2v) is 5.25. The average molecular weight is 277 g/mol. The standard InChI is InChI=1S/C12H23NO6/c1-6(2)3-4-8(15)13-9-11(17)10(16)7(5-14)19-12(9)18/h6-7,9-12,14,16-18H,3-5H2,1-2H3,(H,13,15). The van der Waals surface area contributed by atoms with E-state index in [0.29, 0.717) is 12.3 Å². The first kappa shape index (κ1) is 16.3. The monoisotopic (exact) mass is 277 g/mol. The van der Waals surface area contributed by atoms with E-state index in [-0.39, 0.29) is 12.3 Å². The van der Waals surface area contributed by atoms with Gasteiger partial charge in [0.25, 0.3) is 0 Å². The minimum Gasteiger partial charge on any atom is -0.394 e. The number of ether oxygens (including phenoxy) is 1. The Morgan fingerprint density at radius 2 is 1.89 bits per heavy atom. The van der Waals surface area contributed by atoms with Gasteiger partial charge in [-0.3, -0.25) is 4.79 Å². The number of aliphatic hydroxyl groups is 4. The summed E-state index contributed by atoms with van der Waals surface area (Å²) < 4.78 is 4.94. The van der Waals surface area contributed by atoms with Crippen LogP contribution in [-0.4, -0.2) is 63.6 Å². The Morgan fingerprint density at radius 1 is 1.26 bits per heavy atom. The van der Waals surface area contributed by atoms with Crippen LogP contribution >= 0.6 is 0 Å². The van der Waals surface area contributed by atoms with E-state index in [9.17, 15) is 20.1 Å². The van der Waals surface area contributed by atoms with Crippen molar-refractivity contribution in [2.24, 2.45) is 5.92 Å². The van der Waals surface area contributed by atoms with E-state index in [1.54, 1.807) is 0 Å². The van der Waals surface area contributed by atoms with E-state index >= 15 is 0 Å². The lowest BCUT2D eigenvalue weighted by atomic mass is 9.96. The third kappa shape index (κ3) is 4.39. The van der Waals surface area contributed by atoms with E-state index in [1.807, 2.05) is 13.8 Å². The highest BCUT2D eigenvalue weighted by Gasteiger charge is 2.44. The third-order valence-corrected chi connectivity index (χ3v) is 3.18. The summed E-state index contributed by atoms with van der Waals surface area (Å²) >= 11 is 0. The molecule has 1 aliphatic rings. The summed E-state index contributed by atoms with van der Waals surface area (Å²) in [5, 5.41) is 40.5. The molecule has 0 aromatic heterocycles. The van der Waals surface area contributed by atoms with Crippen molar-refractivity contribution in [1.29, 1.82) is 0 Å². The lowest BCUT2D eigenvalue weighted by molar-refractivity contribution is -0.253. The van der Waals surface area contributed by atoms with E-state index in [2.05, 4.69) is 5.32 Å². The fourth-order valence-electron chi connectivity index (χ4n) is 1.93. The number of carbonyl (C=O) groups excluding carboxylic acids is 1. The normalized spacial score (nSPS) is 35.4. The molecule has 0 bridgehead atoms. The summed E-state index contributed by atoms with van der Waals surface area (Å²) in [5.74, 6) is 0.0441. The highest BCUT2D eigenvalue weighted by Crippen LogP contribution is 2.20. The Kier molecular flexibility index (Phi) is 6.15. The molecule has 0 spiro atoms. The maximum Gasteiger partial charge on any atom is 0.220 e. The van der Waals surface area contributed by atoms with Gasteiger partial charge in [-0.05, 0) is 12.3 Å². The van der Waals surface area contributed by atoms with Crippen LogP contribution in [0.2, 0.25) is 0 Å². The van der Waals surface area contributed by atoms with Crippen molar-refractivity contribution in [3.63, 3.8) is 0 Å². The van der Waals surface area contributed by atoms with Gasteiger partial charge in [0, 0.05) is 6.42 Å². The molecule has 5 atom stereocenters. The molecule has 5 unspecified atom stereocenters. The lowest BCUT2D eigenvalue weighted by Crippen LogP contribution is -2.64.